The van der Waals surface area contributed by atoms with E-state index >= 15 is 0 Å². The van der Waals surface area contributed by atoms with Gasteiger partial charge in [-0.3, -0.25) is 4.84 Å². The van der Waals surface area contributed by atoms with Gasteiger partial charge in [0.05, 0.1) is 19.3 Å². The van der Waals surface area contributed by atoms with Gasteiger partial charge in [-0.05, 0) is 55.5 Å². The predicted molar refractivity (Wildman–Crippen MR) is 104 cm³/mol. The first-order chi connectivity index (χ1) is 12.7. The molecule has 2 aromatic carbocycles. The number of piperidine rings is 1. The van der Waals surface area contributed by atoms with E-state index in [0.29, 0.717) is 6.10 Å². The van der Waals surface area contributed by atoms with Crippen LogP contribution in [0.1, 0.15) is 24.8 Å². The predicted octanol–water partition coefficient (Wildman–Crippen LogP) is 3.75. The van der Waals surface area contributed by atoms with E-state index in [0.717, 1.165) is 23.5 Å². The fourth-order valence-electron chi connectivity index (χ4n) is 4.20. The lowest BCUT2D eigenvalue weighted by Gasteiger charge is -2.47. The number of nitrogens with zero attached hydrogens (tertiary/aromatic N) is 1. The second-order valence-corrected chi connectivity index (χ2v) is 7.17. The Morgan fingerprint density at radius 1 is 1.15 bits per heavy atom. The Morgan fingerprint density at radius 2 is 1.96 bits per heavy atom. The molecule has 2 N–H and O–H groups in total. The highest BCUT2D eigenvalue weighted by molar-refractivity contribution is 5.80. The lowest BCUT2D eigenvalue weighted by Crippen LogP contribution is -2.61. The van der Waals surface area contributed by atoms with E-state index in [-0.39, 0.29) is 0 Å². The Hall–Kier alpha value is -2.08. The van der Waals surface area contributed by atoms with Crippen LogP contribution in [0.2, 0.25) is 0 Å². The van der Waals surface area contributed by atoms with E-state index in [1.165, 1.54) is 36.0 Å². The maximum absolute atomic E-state index is 5.31. The molecule has 1 saturated carbocycles. The highest BCUT2D eigenvalue weighted by Crippen LogP contribution is 2.41. The molecule has 0 spiro atoms. The molecule has 3 heterocycles. The fourth-order valence-corrected chi connectivity index (χ4v) is 4.20. The Bertz CT molecular complexity index is 744. The smallest absolute Gasteiger partial charge is 0.118 e. The van der Waals surface area contributed by atoms with Crippen LogP contribution in [-0.4, -0.2) is 37.4 Å². The number of ether oxygens (including phenoxy) is 1. The molecule has 3 saturated heterocycles. The molecule has 4 aliphatic rings. The normalized spacial score (nSPS) is 27.8. The highest BCUT2D eigenvalue weighted by Gasteiger charge is 2.52. The van der Waals surface area contributed by atoms with Crippen LogP contribution in [0.4, 0.5) is 5.69 Å². The molecule has 4 atom stereocenters. The van der Waals surface area contributed by atoms with Crippen molar-refractivity contribution in [3.63, 3.8) is 0 Å². The minimum atomic E-state index is 0.509. The van der Waals surface area contributed by atoms with Crippen molar-refractivity contribution in [2.24, 2.45) is 0 Å². The number of nitrogens with one attached hydrogen (secondary N) is 2. The minimum Gasteiger partial charge on any atom is -0.497 e. The van der Waals surface area contributed by atoms with Gasteiger partial charge in [-0.15, -0.1) is 5.59 Å². The molecule has 138 valence electrons. The van der Waals surface area contributed by atoms with Crippen LogP contribution < -0.4 is 15.6 Å². The van der Waals surface area contributed by atoms with E-state index < -0.39 is 0 Å². The standard InChI is InChI=1S/C15H17NO.C6H10N2O/c1-11-5-4-6-14(16-2)15(11)12-7-9-13(17-3)10-8-12;1-2-6-5-3-4(1)8(5)7-9-6/h4-10,16H,1-3H3;4-7H,1-3H2. The molecule has 4 fully saturated rings. The lowest BCUT2D eigenvalue weighted by molar-refractivity contribution is -0.0500. The number of benzene rings is 2. The molecule has 26 heavy (non-hydrogen) atoms. The third-order valence-corrected chi connectivity index (χ3v) is 5.71. The summed E-state index contributed by atoms with van der Waals surface area (Å²) >= 11 is 0. The van der Waals surface area contributed by atoms with Crippen molar-refractivity contribution in [3.8, 4) is 16.9 Å². The van der Waals surface area contributed by atoms with Gasteiger partial charge in [-0.1, -0.05) is 24.3 Å². The van der Waals surface area contributed by atoms with Gasteiger partial charge in [0, 0.05) is 24.3 Å². The van der Waals surface area contributed by atoms with Crippen LogP contribution in [-0.2, 0) is 4.84 Å². The van der Waals surface area contributed by atoms with E-state index in [1.54, 1.807) is 7.11 Å². The van der Waals surface area contributed by atoms with E-state index in [4.69, 9.17) is 9.57 Å². The summed E-state index contributed by atoms with van der Waals surface area (Å²) in [6.45, 7) is 2.13. The van der Waals surface area contributed by atoms with Crippen molar-refractivity contribution in [2.75, 3.05) is 19.5 Å². The maximum atomic E-state index is 5.31. The van der Waals surface area contributed by atoms with Gasteiger partial charge in [0.1, 0.15) is 5.75 Å². The first-order valence-electron chi connectivity index (χ1n) is 9.32. The van der Waals surface area contributed by atoms with Crippen LogP contribution >= 0.6 is 0 Å². The number of hydrogen-bond donors (Lipinski definition) is 2. The third kappa shape index (κ3) is 3.07. The lowest BCUT2D eigenvalue weighted by atomic mass is 9.80. The van der Waals surface area contributed by atoms with Gasteiger partial charge in [-0.2, -0.15) is 0 Å². The summed E-state index contributed by atoms with van der Waals surface area (Å²) in [5, 5.41) is 5.49. The van der Waals surface area contributed by atoms with E-state index in [2.05, 4.69) is 53.2 Å². The van der Waals surface area contributed by atoms with Crippen molar-refractivity contribution < 1.29 is 9.57 Å². The third-order valence-electron chi connectivity index (χ3n) is 5.71. The van der Waals surface area contributed by atoms with Gasteiger partial charge in [0.2, 0.25) is 0 Å². The van der Waals surface area contributed by atoms with Crippen LogP contribution in [0, 0.1) is 6.92 Å². The molecule has 1 aliphatic carbocycles. The fraction of sp³-hybridized carbons (Fsp3) is 0.429. The number of methoxy groups -OCH3 is 1. The number of hydrogen-bond acceptors (Lipinski definition) is 5. The average molecular weight is 353 g/mol. The first-order valence-corrected chi connectivity index (χ1v) is 9.32. The van der Waals surface area contributed by atoms with Gasteiger partial charge >= 0.3 is 0 Å². The number of anilines is 1. The molecule has 6 rings (SSSR count). The van der Waals surface area contributed by atoms with Crippen LogP contribution in [0.25, 0.3) is 11.1 Å². The number of hydrazine groups is 1. The topological polar surface area (TPSA) is 45.8 Å². The van der Waals surface area contributed by atoms with E-state index in [9.17, 15) is 0 Å². The first kappa shape index (κ1) is 17.3. The zero-order valence-corrected chi connectivity index (χ0v) is 15.7. The van der Waals surface area contributed by atoms with Gasteiger partial charge in [0.15, 0.2) is 0 Å². The molecule has 2 aromatic rings. The van der Waals surface area contributed by atoms with Crippen LogP contribution in [0.15, 0.2) is 42.5 Å². The Labute approximate surface area is 155 Å². The number of rotatable bonds is 3. The molecular formula is C21H27N3O2. The second-order valence-electron chi connectivity index (χ2n) is 7.17. The number of aryl methyl sites for hydroxylation is 1. The summed E-state index contributed by atoms with van der Waals surface area (Å²) in [6, 6.07) is 15.9. The molecule has 0 aromatic heterocycles. The van der Waals surface area contributed by atoms with Crippen molar-refractivity contribution in [3.05, 3.63) is 48.0 Å². The number of fused-ring (bicyclic) bond motifs is 1. The molecule has 4 bridgehead atoms. The summed E-state index contributed by atoms with van der Waals surface area (Å²) in [5.41, 5.74) is 7.82. The largest absolute Gasteiger partial charge is 0.497 e. The van der Waals surface area contributed by atoms with Crippen molar-refractivity contribution >= 4 is 5.69 Å². The van der Waals surface area contributed by atoms with Crippen molar-refractivity contribution in [1.82, 2.24) is 10.6 Å². The summed E-state index contributed by atoms with van der Waals surface area (Å²) < 4.78 is 5.18. The highest BCUT2D eigenvalue weighted by atomic mass is 16.7. The molecule has 0 amide bonds. The zero-order valence-electron chi connectivity index (χ0n) is 15.7. The molecular weight excluding hydrogens is 326 g/mol. The Morgan fingerprint density at radius 3 is 2.58 bits per heavy atom. The zero-order chi connectivity index (χ0) is 18.1. The Balaban J connectivity index is 0.000000154. The SMILES string of the molecule is C1CC2CC3C1ONN23.CNc1cccc(C)c1-c1ccc(OC)cc1. The van der Waals surface area contributed by atoms with Gasteiger partial charge in [-0.25, -0.2) is 5.01 Å². The maximum Gasteiger partial charge on any atom is 0.118 e. The molecule has 4 unspecified atom stereocenters. The van der Waals surface area contributed by atoms with E-state index in [1.807, 2.05) is 19.2 Å². The summed E-state index contributed by atoms with van der Waals surface area (Å²) in [6.07, 6.45) is 4.46. The monoisotopic (exact) mass is 353 g/mol. The van der Waals surface area contributed by atoms with Gasteiger partial charge < -0.3 is 10.1 Å². The molecule has 0 radical (unpaired) electrons. The molecule has 5 heteroatoms. The average Bonchev–Trinajstić information content (AvgIpc) is 2.90. The summed E-state index contributed by atoms with van der Waals surface area (Å²) in [5.74, 6) is 0.883. The van der Waals surface area contributed by atoms with Crippen molar-refractivity contribution in [2.45, 2.75) is 44.4 Å². The summed E-state index contributed by atoms with van der Waals surface area (Å²) in [7, 11) is 3.63. The minimum absolute atomic E-state index is 0.509. The summed E-state index contributed by atoms with van der Waals surface area (Å²) in [4.78, 5) is 5.31. The molecule has 3 aliphatic heterocycles. The Kier molecular flexibility index (Phi) is 4.85. The quantitative estimate of drug-likeness (QED) is 0.880. The second kappa shape index (κ2) is 7.27. The molecule has 5 nitrogen and oxygen atoms in total. The van der Waals surface area contributed by atoms with Crippen LogP contribution in [0.5, 0.6) is 5.75 Å². The van der Waals surface area contributed by atoms with Crippen molar-refractivity contribution in [1.29, 1.82) is 0 Å². The van der Waals surface area contributed by atoms with Gasteiger partial charge in [0.25, 0.3) is 0 Å². The van der Waals surface area contributed by atoms with Crippen LogP contribution in [0.3, 0.4) is 0 Å².